The van der Waals surface area contributed by atoms with Crippen LogP contribution >= 0.6 is 0 Å². The second kappa shape index (κ2) is 5.43. The number of fused-ring (bicyclic) bond motifs is 1. The lowest BCUT2D eigenvalue weighted by molar-refractivity contribution is 0.0602. The number of esters is 1. The monoisotopic (exact) mass is 256 g/mol. The summed E-state index contributed by atoms with van der Waals surface area (Å²) in [4.78, 5) is 11.9. The number of methoxy groups -OCH3 is 1. The quantitative estimate of drug-likeness (QED) is 0.767. The van der Waals surface area contributed by atoms with E-state index >= 15 is 0 Å². The highest BCUT2D eigenvalue weighted by molar-refractivity contribution is 6.00. The normalized spacial score (nSPS) is 11.0. The maximum Gasteiger partial charge on any atom is 0.338 e. The molecule has 0 bridgehead atoms. The van der Waals surface area contributed by atoms with E-state index in [-0.39, 0.29) is 5.97 Å². The molecule has 0 atom stereocenters. The van der Waals surface area contributed by atoms with E-state index in [4.69, 9.17) is 4.74 Å². The Hall–Kier alpha value is -1.83. The van der Waals surface area contributed by atoms with Crippen LogP contribution in [0.5, 0.6) is 0 Å². The van der Waals surface area contributed by atoms with Gasteiger partial charge < -0.3 is 4.74 Å². The van der Waals surface area contributed by atoms with Gasteiger partial charge in [-0.3, -0.25) is 0 Å². The summed E-state index contributed by atoms with van der Waals surface area (Å²) in [5.41, 5.74) is 5.24. The zero-order valence-electron chi connectivity index (χ0n) is 12.0. The number of carbonyl (C=O) groups excluding carboxylic acids is 1. The van der Waals surface area contributed by atoms with E-state index in [1.54, 1.807) is 0 Å². The highest BCUT2D eigenvalue weighted by Crippen LogP contribution is 2.34. The Balaban J connectivity index is 2.69. The van der Waals surface area contributed by atoms with Gasteiger partial charge in [0.05, 0.1) is 12.7 Å². The Morgan fingerprint density at radius 1 is 1.21 bits per heavy atom. The molecular weight excluding hydrogens is 236 g/mol. The first-order chi connectivity index (χ1) is 9.08. The number of aryl methyl sites for hydroxylation is 1. The van der Waals surface area contributed by atoms with E-state index < -0.39 is 0 Å². The lowest BCUT2D eigenvalue weighted by Crippen LogP contribution is -2.00. The average molecular weight is 256 g/mol. The Morgan fingerprint density at radius 3 is 2.53 bits per heavy atom. The largest absolute Gasteiger partial charge is 0.465 e. The molecule has 0 radical (unpaired) electrons. The summed E-state index contributed by atoms with van der Waals surface area (Å²) in [5, 5.41) is 0. The zero-order chi connectivity index (χ0) is 14.0. The molecule has 0 aromatic carbocycles. The van der Waals surface area contributed by atoms with Gasteiger partial charge in [0, 0.05) is 0 Å². The lowest BCUT2D eigenvalue weighted by Gasteiger charge is -2.04. The minimum atomic E-state index is -0.259. The smallest absolute Gasteiger partial charge is 0.338 e. The summed E-state index contributed by atoms with van der Waals surface area (Å²) < 4.78 is 4.89. The van der Waals surface area contributed by atoms with Crippen molar-refractivity contribution in [1.82, 2.24) is 0 Å². The molecule has 2 aliphatic rings. The molecule has 0 heterocycles. The summed E-state index contributed by atoms with van der Waals surface area (Å²) in [6, 6.07) is 10.3. The molecule has 2 aliphatic carbocycles. The molecule has 2 heteroatoms. The fourth-order valence-corrected chi connectivity index (χ4v) is 2.40. The molecule has 0 fully saturated rings. The number of carbonyl (C=O) groups is 1. The number of hydrogen-bond donors (Lipinski definition) is 0. The second-order valence-electron chi connectivity index (χ2n) is 5.08. The molecule has 0 unspecified atom stereocenters. The standard InChI is InChI=1S/C17H20O2/c1-5-12-9-16(17(18)19-4)15-10-13(11(2)3)7-6-8-14(12)15/h6-11H,5H2,1-4H3. The van der Waals surface area contributed by atoms with Crippen molar-refractivity contribution in [2.45, 2.75) is 33.1 Å². The van der Waals surface area contributed by atoms with E-state index in [1.807, 2.05) is 6.07 Å². The first-order valence-corrected chi connectivity index (χ1v) is 6.72. The first kappa shape index (κ1) is 13.6. The minimum Gasteiger partial charge on any atom is -0.465 e. The molecule has 0 aromatic heterocycles. The zero-order valence-corrected chi connectivity index (χ0v) is 12.0. The Bertz CT molecular complexity index is 570. The van der Waals surface area contributed by atoms with Gasteiger partial charge in [-0.2, -0.15) is 0 Å². The van der Waals surface area contributed by atoms with Crippen LogP contribution in [0.2, 0.25) is 0 Å². The van der Waals surface area contributed by atoms with Crippen molar-refractivity contribution >= 4 is 5.97 Å². The molecule has 0 saturated carbocycles. The van der Waals surface area contributed by atoms with Crippen molar-refractivity contribution in [3.8, 4) is 11.1 Å². The van der Waals surface area contributed by atoms with Crippen molar-refractivity contribution in [2.75, 3.05) is 7.11 Å². The van der Waals surface area contributed by atoms with Gasteiger partial charge in [-0.15, -0.1) is 0 Å². The summed E-state index contributed by atoms with van der Waals surface area (Å²) in [7, 11) is 1.43. The van der Waals surface area contributed by atoms with Crippen LogP contribution in [0.3, 0.4) is 0 Å². The van der Waals surface area contributed by atoms with E-state index in [2.05, 4.69) is 45.0 Å². The number of hydrogen-bond acceptors (Lipinski definition) is 2. The topological polar surface area (TPSA) is 26.3 Å². The highest BCUT2D eigenvalue weighted by Gasteiger charge is 2.20. The summed E-state index contributed by atoms with van der Waals surface area (Å²) in [6.07, 6.45) is 0.911. The van der Waals surface area contributed by atoms with Gasteiger partial charge in [0.1, 0.15) is 0 Å². The molecular formula is C17H20O2. The van der Waals surface area contributed by atoms with Gasteiger partial charge in [-0.05, 0) is 40.7 Å². The van der Waals surface area contributed by atoms with Crippen molar-refractivity contribution in [3.63, 3.8) is 0 Å². The third kappa shape index (κ3) is 2.48. The fourth-order valence-electron chi connectivity index (χ4n) is 2.40. The van der Waals surface area contributed by atoms with Gasteiger partial charge in [0.2, 0.25) is 0 Å². The number of rotatable bonds is 3. The Morgan fingerprint density at radius 2 is 1.95 bits per heavy atom. The summed E-state index contributed by atoms with van der Waals surface area (Å²) in [6.45, 7) is 6.41. The third-order valence-corrected chi connectivity index (χ3v) is 3.56. The van der Waals surface area contributed by atoms with Crippen LogP contribution in [0, 0.1) is 0 Å². The summed E-state index contributed by atoms with van der Waals surface area (Å²) >= 11 is 0. The molecule has 0 aromatic rings. The van der Waals surface area contributed by atoms with Crippen molar-refractivity contribution < 1.29 is 9.53 Å². The lowest BCUT2D eigenvalue weighted by atomic mass is 10.0. The minimum absolute atomic E-state index is 0.259. The predicted molar refractivity (Wildman–Crippen MR) is 77.9 cm³/mol. The van der Waals surface area contributed by atoms with Gasteiger partial charge in [0.15, 0.2) is 0 Å². The van der Waals surface area contributed by atoms with E-state index in [9.17, 15) is 4.79 Å². The van der Waals surface area contributed by atoms with Crippen LogP contribution in [0.4, 0.5) is 0 Å². The van der Waals surface area contributed by atoms with Crippen LogP contribution in [0.1, 0.15) is 48.2 Å². The van der Waals surface area contributed by atoms with Gasteiger partial charge >= 0.3 is 5.97 Å². The van der Waals surface area contributed by atoms with Crippen molar-refractivity contribution in [2.24, 2.45) is 0 Å². The van der Waals surface area contributed by atoms with Crippen LogP contribution in [0.15, 0.2) is 30.3 Å². The van der Waals surface area contributed by atoms with Crippen molar-refractivity contribution in [3.05, 3.63) is 47.0 Å². The van der Waals surface area contributed by atoms with Gasteiger partial charge in [-0.1, -0.05) is 45.0 Å². The van der Waals surface area contributed by atoms with Gasteiger partial charge in [-0.25, -0.2) is 4.79 Å². The molecule has 2 nitrogen and oxygen atoms in total. The maximum atomic E-state index is 11.9. The van der Waals surface area contributed by atoms with Crippen LogP contribution in [-0.2, 0) is 11.2 Å². The van der Waals surface area contributed by atoms with Crippen LogP contribution < -0.4 is 0 Å². The van der Waals surface area contributed by atoms with Crippen LogP contribution in [0.25, 0.3) is 11.1 Å². The summed E-state index contributed by atoms with van der Waals surface area (Å²) in [5.74, 6) is 0.173. The SMILES string of the molecule is CCc1cc(C(=O)OC)c2cc(C(C)C)cccc1-2. The highest BCUT2D eigenvalue weighted by atomic mass is 16.5. The first-order valence-electron chi connectivity index (χ1n) is 6.72. The number of ether oxygens (including phenoxy) is 1. The molecule has 0 N–H and O–H groups in total. The van der Waals surface area contributed by atoms with E-state index in [1.165, 1.54) is 18.2 Å². The van der Waals surface area contributed by atoms with E-state index in [0.717, 1.165) is 17.5 Å². The molecule has 0 aliphatic heterocycles. The molecule has 0 amide bonds. The van der Waals surface area contributed by atoms with E-state index in [0.29, 0.717) is 11.5 Å². The van der Waals surface area contributed by atoms with Crippen molar-refractivity contribution in [1.29, 1.82) is 0 Å². The molecule has 100 valence electrons. The van der Waals surface area contributed by atoms with Crippen LogP contribution in [-0.4, -0.2) is 13.1 Å². The average Bonchev–Trinajstić information content (AvgIpc) is 2.60. The fraction of sp³-hybridized carbons (Fsp3) is 0.353. The Kier molecular flexibility index (Phi) is 3.89. The maximum absolute atomic E-state index is 11.9. The van der Waals surface area contributed by atoms with Gasteiger partial charge in [0.25, 0.3) is 0 Å². The molecule has 19 heavy (non-hydrogen) atoms. The molecule has 2 rings (SSSR count). The third-order valence-electron chi connectivity index (χ3n) is 3.56. The predicted octanol–water partition coefficient (Wildman–Crippen LogP) is 4.26. The molecule has 0 spiro atoms. The molecule has 0 saturated heterocycles. The second-order valence-corrected chi connectivity index (χ2v) is 5.08. The Labute approximate surface area is 114 Å².